The van der Waals surface area contributed by atoms with E-state index in [1.807, 2.05) is 22.8 Å². The fourth-order valence-electron chi connectivity index (χ4n) is 2.55. The summed E-state index contributed by atoms with van der Waals surface area (Å²) in [5.74, 6) is 2.01. The molecule has 118 valence electrons. The highest BCUT2D eigenvalue weighted by atomic mass is 16.7. The maximum Gasteiger partial charge on any atom is 0.231 e. The molecule has 0 spiro atoms. The Morgan fingerprint density at radius 1 is 1.17 bits per heavy atom. The van der Waals surface area contributed by atoms with Crippen LogP contribution in [0.3, 0.4) is 0 Å². The first-order valence-corrected chi connectivity index (χ1v) is 7.32. The zero-order chi connectivity index (χ0) is 15.6. The maximum atomic E-state index is 5.78. The summed E-state index contributed by atoms with van der Waals surface area (Å²) in [4.78, 5) is 12.4. The van der Waals surface area contributed by atoms with Crippen molar-refractivity contribution in [2.24, 2.45) is 0 Å². The molecule has 0 radical (unpaired) electrons. The molecule has 1 aliphatic rings. The molecule has 0 fully saturated rings. The van der Waals surface area contributed by atoms with E-state index in [0.717, 1.165) is 42.3 Å². The van der Waals surface area contributed by atoms with Gasteiger partial charge in [0.05, 0.1) is 6.33 Å². The van der Waals surface area contributed by atoms with Gasteiger partial charge in [-0.25, -0.2) is 15.0 Å². The van der Waals surface area contributed by atoms with Crippen LogP contribution in [0.2, 0.25) is 0 Å². The molecule has 1 aliphatic heterocycles. The number of ether oxygens (including phenoxy) is 2. The predicted octanol–water partition coefficient (Wildman–Crippen LogP) is 0.927. The van der Waals surface area contributed by atoms with Gasteiger partial charge in [-0.1, -0.05) is 6.07 Å². The third kappa shape index (κ3) is 2.64. The second kappa shape index (κ2) is 5.73. The summed E-state index contributed by atoms with van der Waals surface area (Å²) in [6.07, 6.45) is 3.19. The van der Waals surface area contributed by atoms with Crippen molar-refractivity contribution in [3.8, 4) is 11.5 Å². The predicted molar refractivity (Wildman–Crippen MR) is 84.0 cm³/mol. The second-order valence-corrected chi connectivity index (χ2v) is 5.23. The van der Waals surface area contributed by atoms with Crippen LogP contribution in [-0.2, 0) is 13.1 Å². The van der Waals surface area contributed by atoms with Crippen LogP contribution in [0.25, 0.3) is 11.2 Å². The smallest absolute Gasteiger partial charge is 0.231 e. The minimum absolute atomic E-state index is 0.297. The van der Waals surface area contributed by atoms with Crippen LogP contribution in [-0.4, -0.2) is 32.9 Å². The summed E-state index contributed by atoms with van der Waals surface area (Å²) in [6, 6.07) is 5.96. The fourth-order valence-corrected chi connectivity index (χ4v) is 2.55. The van der Waals surface area contributed by atoms with Crippen molar-refractivity contribution < 1.29 is 9.47 Å². The number of hydrogen-bond acceptors (Lipinski definition) is 7. The van der Waals surface area contributed by atoms with E-state index in [1.54, 1.807) is 6.33 Å². The highest BCUT2D eigenvalue weighted by molar-refractivity contribution is 5.81. The second-order valence-electron chi connectivity index (χ2n) is 5.23. The molecule has 0 unspecified atom stereocenters. The van der Waals surface area contributed by atoms with E-state index in [9.17, 15) is 0 Å². The van der Waals surface area contributed by atoms with Gasteiger partial charge >= 0.3 is 0 Å². The number of rotatable bonds is 5. The first kappa shape index (κ1) is 13.8. The zero-order valence-electron chi connectivity index (χ0n) is 12.4. The standard InChI is InChI=1S/C15H16N6O2/c16-14-13-15(19-7-18-14)21(8-20-13)4-3-17-6-10-1-2-11-12(5-10)23-9-22-11/h1-2,5,7-8,17H,3-4,6,9H2,(H2,16,18,19). The quantitative estimate of drug-likeness (QED) is 0.676. The molecule has 3 N–H and O–H groups in total. The number of benzene rings is 1. The molecular weight excluding hydrogens is 296 g/mol. The molecule has 0 aliphatic carbocycles. The van der Waals surface area contributed by atoms with E-state index in [2.05, 4.69) is 20.3 Å². The Labute approximate surface area is 132 Å². The first-order chi connectivity index (χ1) is 11.3. The Morgan fingerprint density at radius 3 is 3.04 bits per heavy atom. The molecule has 0 amide bonds. The first-order valence-electron chi connectivity index (χ1n) is 7.32. The van der Waals surface area contributed by atoms with Gasteiger partial charge in [0.25, 0.3) is 0 Å². The Morgan fingerprint density at radius 2 is 2.09 bits per heavy atom. The Balaban J connectivity index is 1.35. The van der Waals surface area contributed by atoms with Crippen molar-refractivity contribution in [2.75, 3.05) is 19.1 Å². The lowest BCUT2D eigenvalue weighted by molar-refractivity contribution is 0.174. The van der Waals surface area contributed by atoms with E-state index in [1.165, 1.54) is 6.33 Å². The molecule has 8 nitrogen and oxygen atoms in total. The van der Waals surface area contributed by atoms with Crippen molar-refractivity contribution in [3.05, 3.63) is 36.4 Å². The van der Waals surface area contributed by atoms with Gasteiger partial charge in [0.1, 0.15) is 11.8 Å². The number of hydrogen-bond donors (Lipinski definition) is 2. The van der Waals surface area contributed by atoms with Gasteiger partial charge in [-0.15, -0.1) is 0 Å². The lowest BCUT2D eigenvalue weighted by Gasteiger charge is -2.07. The van der Waals surface area contributed by atoms with E-state index in [-0.39, 0.29) is 0 Å². The van der Waals surface area contributed by atoms with Gasteiger partial charge in [0, 0.05) is 19.6 Å². The number of anilines is 1. The number of nitrogens with one attached hydrogen (secondary N) is 1. The van der Waals surface area contributed by atoms with Crippen LogP contribution < -0.4 is 20.5 Å². The van der Waals surface area contributed by atoms with Crippen LogP contribution >= 0.6 is 0 Å². The minimum atomic E-state index is 0.297. The Kier molecular flexibility index (Phi) is 3.43. The average molecular weight is 312 g/mol. The van der Waals surface area contributed by atoms with Gasteiger partial charge in [-0.2, -0.15) is 0 Å². The lowest BCUT2D eigenvalue weighted by Crippen LogP contribution is -2.19. The highest BCUT2D eigenvalue weighted by Crippen LogP contribution is 2.32. The fraction of sp³-hybridized carbons (Fsp3) is 0.267. The number of nitrogens with zero attached hydrogens (tertiary/aromatic N) is 4. The normalized spacial score (nSPS) is 12.9. The van der Waals surface area contributed by atoms with E-state index in [0.29, 0.717) is 18.1 Å². The molecule has 2 aromatic heterocycles. The van der Waals surface area contributed by atoms with Gasteiger partial charge in [0.15, 0.2) is 23.0 Å². The third-order valence-electron chi connectivity index (χ3n) is 3.73. The number of fused-ring (bicyclic) bond motifs is 2. The van der Waals surface area contributed by atoms with Gasteiger partial charge in [-0.05, 0) is 17.7 Å². The molecule has 23 heavy (non-hydrogen) atoms. The van der Waals surface area contributed by atoms with Crippen LogP contribution in [0.5, 0.6) is 11.5 Å². The number of aromatic nitrogens is 4. The highest BCUT2D eigenvalue weighted by Gasteiger charge is 2.13. The van der Waals surface area contributed by atoms with Gasteiger partial charge in [0.2, 0.25) is 6.79 Å². The summed E-state index contributed by atoms with van der Waals surface area (Å²) in [5, 5.41) is 3.39. The molecule has 4 rings (SSSR count). The number of nitrogen functional groups attached to an aromatic ring is 1. The Hall–Kier alpha value is -2.87. The van der Waals surface area contributed by atoms with E-state index >= 15 is 0 Å². The SMILES string of the molecule is Nc1ncnc2c1ncn2CCNCc1ccc2c(c1)OCO2. The molecule has 3 heterocycles. The lowest BCUT2D eigenvalue weighted by atomic mass is 10.2. The van der Waals surface area contributed by atoms with Crippen LogP contribution in [0, 0.1) is 0 Å². The van der Waals surface area contributed by atoms with Crippen molar-refractivity contribution >= 4 is 17.0 Å². The average Bonchev–Trinajstić information content (AvgIpc) is 3.18. The summed E-state index contributed by atoms with van der Waals surface area (Å²) >= 11 is 0. The molecule has 0 bridgehead atoms. The number of imidazole rings is 1. The summed E-state index contributed by atoms with van der Waals surface area (Å²) in [5.41, 5.74) is 8.32. The summed E-state index contributed by atoms with van der Waals surface area (Å²) in [7, 11) is 0. The number of nitrogens with two attached hydrogens (primary N) is 1. The molecule has 0 saturated carbocycles. The minimum Gasteiger partial charge on any atom is -0.454 e. The maximum absolute atomic E-state index is 5.78. The van der Waals surface area contributed by atoms with Crippen molar-refractivity contribution in [1.82, 2.24) is 24.8 Å². The molecule has 3 aromatic rings. The monoisotopic (exact) mass is 312 g/mol. The van der Waals surface area contributed by atoms with Crippen LogP contribution in [0.15, 0.2) is 30.9 Å². The van der Waals surface area contributed by atoms with Crippen molar-refractivity contribution in [1.29, 1.82) is 0 Å². The summed E-state index contributed by atoms with van der Waals surface area (Å²) < 4.78 is 12.6. The topological polar surface area (TPSA) is 100 Å². The molecule has 8 heteroatoms. The van der Waals surface area contributed by atoms with Crippen molar-refractivity contribution in [3.63, 3.8) is 0 Å². The summed E-state index contributed by atoms with van der Waals surface area (Å²) in [6.45, 7) is 2.58. The molecular formula is C15H16N6O2. The molecule has 0 atom stereocenters. The molecule has 0 saturated heterocycles. The largest absolute Gasteiger partial charge is 0.454 e. The third-order valence-corrected chi connectivity index (χ3v) is 3.73. The van der Waals surface area contributed by atoms with E-state index < -0.39 is 0 Å². The van der Waals surface area contributed by atoms with Crippen LogP contribution in [0.4, 0.5) is 5.82 Å². The van der Waals surface area contributed by atoms with Crippen LogP contribution in [0.1, 0.15) is 5.56 Å². The zero-order valence-corrected chi connectivity index (χ0v) is 12.4. The van der Waals surface area contributed by atoms with Gasteiger partial charge in [-0.3, -0.25) is 0 Å². The van der Waals surface area contributed by atoms with E-state index in [4.69, 9.17) is 15.2 Å². The Bertz CT molecular complexity index is 847. The van der Waals surface area contributed by atoms with Crippen molar-refractivity contribution in [2.45, 2.75) is 13.1 Å². The molecule has 1 aromatic carbocycles. The van der Waals surface area contributed by atoms with Gasteiger partial charge < -0.3 is 25.1 Å².